The molecule has 34 heavy (non-hydrogen) atoms. The van der Waals surface area contributed by atoms with Crippen LogP contribution in [0.4, 0.5) is 5.69 Å². The van der Waals surface area contributed by atoms with Crippen molar-refractivity contribution in [1.29, 1.82) is 0 Å². The van der Waals surface area contributed by atoms with E-state index in [0.29, 0.717) is 5.69 Å². The predicted molar refractivity (Wildman–Crippen MR) is 126 cm³/mol. The number of anilines is 1. The molecule has 1 unspecified atom stereocenters. The number of carbonyl (C=O) groups is 2. The van der Waals surface area contributed by atoms with Crippen molar-refractivity contribution < 1.29 is 28.3 Å². The second kappa shape index (κ2) is 10.0. The van der Waals surface area contributed by atoms with Crippen molar-refractivity contribution in [3.05, 3.63) is 59.8 Å². The molecule has 0 saturated carbocycles. The number of hydrogen-bond donors (Lipinski definition) is 4. The van der Waals surface area contributed by atoms with Gasteiger partial charge in [0.2, 0.25) is 5.91 Å². The lowest BCUT2D eigenvalue weighted by Crippen LogP contribution is -2.49. The van der Waals surface area contributed by atoms with E-state index in [1.807, 2.05) is 12.1 Å². The third-order valence-corrected chi connectivity index (χ3v) is 7.53. The molecule has 3 aromatic rings. The molecule has 0 aliphatic carbocycles. The summed E-state index contributed by atoms with van der Waals surface area (Å²) in [5.41, 5.74) is 4.22. The molecule has 0 saturated heterocycles. The molecule has 0 bridgehead atoms. The molecule has 11 heteroatoms. The van der Waals surface area contributed by atoms with Gasteiger partial charge in [-0.05, 0) is 55.8 Å². The smallest absolute Gasteiger partial charge is 0.264 e. The molecule has 1 heterocycles. The van der Waals surface area contributed by atoms with Crippen LogP contribution in [-0.4, -0.2) is 57.9 Å². The van der Waals surface area contributed by atoms with Gasteiger partial charge in [0.15, 0.2) is 14.6 Å². The molecule has 10 nitrogen and oxygen atoms in total. The van der Waals surface area contributed by atoms with Crippen LogP contribution >= 0.6 is 0 Å². The first-order valence-corrected chi connectivity index (χ1v) is 12.1. The van der Waals surface area contributed by atoms with Gasteiger partial charge >= 0.3 is 0 Å². The Morgan fingerprint density at radius 1 is 1.12 bits per heavy atom. The summed E-state index contributed by atoms with van der Waals surface area (Å²) < 4.78 is 24.1. The summed E-state index contributed by atoms with van der Waals surface area (Å²) in [4.78, 5) is 23.2. The highest BCUT2D eigenvalue weighted by Crippen LogP contribution is 2.24. The Kier molecular flexibility index (Phi) is 7.36. The van der Waals surface area contributed by atoms with E-state index in [9.17, 15) is 18.0 Å². The standard InChI is InChI=1S/C23H24N4O6S/c1-23(22(30)26-31,34(2,32)33)11-12-27-20-10-7-17(13-18(20)14-24-27)4-3-16-5-8-19(9-6-16)25-21(29)15-28/h5-10,13-14,28,31H,11-12,15H2,1-2H3,(H,25,29)(H,26,30). The Morgan fingerprint density at radius 2 is 1.76 bits per heavy atom. The van der Waals surface area contributed by atoms with E-state index >= 15 is 0 Å². The van der Waals surface area contributed by atoms with Crippen LogP contribution < -0.4 is 10.8 Å². The van der Waals surface area contributed by atoms with Gasteiger partial charge in [0.1, 0.15) is 6.61 Å². The number of amides is 2. The van der Waals surface area contributed by atoms with Gasteiger partial charge in [-0.3, -0.25) is 19.5 Å². The summed E-state index contributed by atoms with van der Waals surface area (Å²) in [6, 6.07) is 12.3. The highest BCUT2D eigenvalue weighted by atomic mass is 32.2. The fourth-order valence-corrected chi connectivity index (χ4v) is 4.07. The fourth-order valence-electron chi connectivity index (χ4n) is 3.23. The van der Waals surface area contributed by atoms with Crippen LogP contribution in [0.15, 0.2) is 48.7 Å². The molecule has 0 aliphatic heterocycles. The number of hydroxylamine groups is 1. The van der Waals surface area contributed by atoms with Crippen LogP contribution in [0.25, 0.3) is 10.9 Å². The fraction of sp³-hybridized carbons (Fsp3) is 0.261. The number of aryl methyl sites for hydroxylation is 1. The lowest BCUT2D eigenvalue weighted by atomic mass is 10.1. The first kappa shape index (κ1) is 24.9. The van der Waals surface area contributed by atoms with Gasteiger partial charge in [0, 0.05) is 35.0 Å². The minimum atomic E-state index is -3.80. The van der Waals surface area contributed by atoms with Crippen LogP contribution in [0.2, 0.25) is 0 Å². The minimum Gasteiger partial charge on any atom is -0.387 e. The average Bonchev–Trinajstić information content (AvgIpc) is 3.22. The summed E-state index contributed by atoms with van der Waals surface area (Å²) in [6.45, 7) is 0.820. The third-order valence-electron chi connectivity index (χ3n) is 5.51. The number of hydrogen-bond acceptors (Lipinski definition) is 7. The van der Waals surface area contributed by atoms with Crippen molar-refractivity contribution in [2.24, 2.45) is 0 Å². The van der Waals surface area contributed by atoms with Crippen molar-refractivity contribution >= 4 is 38.2 Å². The van der Waals surface area contributed by atoms with Crippen LogP contribution in [0.3, 0.4) is 0 Å². The van der Waals surface area contributed by atoms with Crippen molar-refractivity contribution in [1.82, 2.24) is 15.3 Å². The third kappa shape index (κ3) is 5.43. The Morgan fingerprint density at radius 3 is 2.38 bits per heavy atom. The molecular formula is C23H24N4O6S. The zero-order chi connectivity index (χ0) is 24.9. The molecule has 178 valence electrons. The second-order valence-corrected chi connectivity index (χ2v) is 10.3. The van der Waals surface area contributed by atoms with Crippen molar-refractivity contribution in [2.75, 3.05) is 18.2 Å². The second-order valence-electron chi connectivity index (χ2n) is 7.87. The molecular weight excluding hydrogens is 460 g/mol. The highest BCUT2D eigenvalue weighted by molar-refractivity contribution is 7.92. The molecule has 1 atom stereocenters. The number of nitrogens with zero attached hydrogens (tertiary/aromatic N) is 2. The van der Waals surface area contributed by atoms with Gasteiger partial charge < -0.3 is 10.4 Å². The van der Waals surface area contributed by atoms with E-state index in [4.69, 9.17) is 10.3 Å². The quantitative estimate of drug-likeness (QED) is 0.222. The zero-order valence-corrected chi connectivity index (χ0v) is 19.4. The van der Waals surface area contributed by atoms with Crippen molar-refractivity contribution in [3.63, 3.8) is 0 Å². The van der Waals surface area contributed by atoms with Gasteiger partial charge in [-0.25, -0.2) is 13.9 Å². The van der Waals surface area contributed by atoms with Crippen LogP contribution in [0.5, 0.6) is 0 Å². The molecule has 0 spiro atoms. The molecule has 2 amide bonds. The summed E-state index contributed by atoms with van der Waals surface area (Å²) in [6.07, 6.45) is 2.50. The number of carbonyl (C=O) groups excluding carboxylic acids is 2. The Bertz CT molecular complexity index is 1390. The summed E-state index contributed by atoms with van der Waals surface area (Å²) in [5.74, 6) is 4.60. The number of fused-ring (bicyclic) bond motifs is 1. The zero-order valence-electron chi connectivity index (χ0n) is 18.6. The summed E-state index contributed by atoms with van der Waals surface area (Å²) in [7, 11) is -3.80. The van der Waals surface area contributed by atoms with Crippen molar-refractivity contribution in [3.8, 4) is 11.8 Å². The van der Waals surface area contributed by atoms with Gasteiger partial charge in [-0.1, -0.05) is 11.8 Å². The number of aliphatic hydroxyl groups excluding tert-OH is 1. The number of rotatable bonds is 7. The monoisotopic (exact) mass is 484 g/mol. The van der Waals surface area contributed by atoms with E-state index in [1.54, 1.807) is 41.2 Å². The molecule has 2 aromatic carbocycles. The largest absolute Gasteiger partial charge is 0.387 e. The number of benzene rings is 2. The molecule has 0 radical (unpaired) electrons. The number of nitrogens with one attached hydrogen (secondary N) is 2. The van der Waals surface area contributed by atoms with Gasteiger partial charge in [-0.2, -0.15) is 5.10 Å². The van der Waals surface area contributed by atoms with E-state index in [0.717, 1.165) is 28.3 Å². The first-order valence-electron chi connectivity index (χ1n) is 10.2. The maximum Gasteiger partial charge on any atom is 0.264 e. The molecule has 0 fully saturated rings. The molecule has 0 aliphatic rings. The lowest BCUT2D eigenvalue weighted by molar-refractivity contribution is -0.131. The van der Waals surface area contributed by atoms with E-state index in [1.165, 1.54) is 12.4 Å². The number of aromatic nitrogens is 2. The normalized spacial score (nSPS) is 12.9. The Hall–Kier alpha value is -3.72. The molecule has 3 rings (SSSR count). The Labute approximate surface area is 196 Å². The van der Waals surface area contributed by atoms with Gasteiger partial charge in [-0.15, -0.1) is 0 Å². The SMILES string of the molecule is CC(CCn1ncc2cc(C#Cc3ccc(NC(=O)CO)cc3)ccc21)(C(=O)NO)S(C)(=O)=O. The maximum absolute atomic E-state index is 12.1. The van der Waals surface area contributed by atoms with E-state index in [-0.39, 0.29) is 13.0 Å². The predicted octanol–water partition coefficient (Wildman–Crippen LogP) is 1.07. The maximum atomic E-state index is 12.1. The summed E-state index contributed by atoms with van der Waals surface area (Å²) >= 11 is 0. The van der Waals surface area contributed by atoms with Crippen molar-refractivity contribution in [2.45, 2.75) is 24.6 Å². The Balaban J connectivity index is 1.76. The summed E-state index contributed by atoms with van der Waals surface area (Å²) in [5, 5.41) is 25.4. The average molecular weight is 485 g/mol. The van der Waals surface area contributed by atoms with E-state index in [2.05, 4.69) is 22.3 Å². The van der Waals surface area contributed by atoms with Gasteiger partial charge in [0.05, 0.1) is 11.7 Å². The van der Waals surface area contributed by atoms with E-state index < -0.39 is 33.0 Å². The highest BCUT2D eigenvalue weighted by Gasteiger charge is 2.43. The van der Waals surface area contributed by atoms with Gasteiger partial charge in [0.25, 0.3) is 5.91 Å². The molecule has 1 aromatic heterocycles. The topological polar surface area (TPSA) is 151 Å². The van der Waals surface area contributed by atoms with Crippen LogP contribution in [0, 0.1) is 11.8 Å². The van der Waals surface area contributed by atoms with Crippen LogP contribution in [-0.2, 0) is 26.0 Å². The van der Waals surface area contributed by atoms with Crippen LogP contribution in [0.1, 0.15) is 24.5 Å². The lowest BCUT2D eigenvalue weighted by Gasteiger charge is -2.25. The molecule has 4 N–H and O–H groups in total. The number of aliphatic hydroxyl groups is 1. The minimum absolute atomic E-state index is 0.0781. The first-order chi connectivity index (χ1) is 16.1. The number of sulfone groups is 1.